The third-order valence-electron chi connectivity index (χ3n) is 4.53. The fourth-order valence-corrected chi connectivity index (χ4v) is 4.78. The third-order valence-corrected chi connectivity index (χ3v) is 6.39. The predicted octanol–water partition coefficient (Wildman–Crippen LogP) is 1.57. The molecule has 3 rings (SSSR count). The number of aliphatic hydroxyl groups excluding tert-OH is 1. The summed E-state index contributed by atoms with van der Waals surface area (Å²) in [4.78, 5) is 0.404. The van der Waals surface area contributed by atoms with Gasteiger partial charge in [0.25, 0.3) is 0 Å². The van der Waals surface area contributed by atoms with Gasteiger partial charge in [-0.2, -0.15) is 4.31 Å². The second-order valence-electron chi connectivity index (χ2n) is 5.98. The maximum Gasteiger partial charge on any atom is 0.243 e. The van der Waals surface area contributed by atoms with Gasteiger partial charge < -0.3 is 5.11 Å². The highest BCUT2D eigenvalue weighted by atomic mass is 32.2. The van der Waals surface area contributed by atoms with Crippen molar-refractivity contribution in [2.24, 2.45) is 5.92 Å². The predicted molar refractivity (Wildman–Crippen MR) is 77.0 cm³/mol. The van der Waals surface area contributed by atoms with Crippen molar-refractivity contribution in [3.05, 3.63) is 29.3 Å². The summed E-state index contributed by atoms with van der Waals surface area (Å²) < 4.78 is 26.9. The first-order chi connectivity index (χ1) is 9.48. The lowest BCUT2D eigenvalue weighted by Gasteiger charge is -2.33. The second-order valence-corrected chi connectivity index (χ2v) is 7.92. The number of piperidine rings is 1. The Kier molecular flexibility index (Phi) is 3.60. The smallest absolute Gasteiger partial charge is 0.243 e. The van der Waals surface area contributed by atoms with Crippen LogP contribution < -0.4 is 0 Å². The summed E-state index contributed by atoms with van der Waals surface area (Å²) in [5.74, 6) is -0.00653. The molecule has 110 valence electrons. The molecular weight excluding hydrogens is 274 g/mol. The van der Waals surface area contributed by atoms with Gasteiger partial charge in [0.05, 0.1) is 11.0 Å². The van der Waals surface area contributed by atoms with Gasteiger partial charge in [0.1, 0.15) is 0 Å². The fourth-order valence-electron chi connectivity index (χ4n) is 3.17. The minimum atomic E-state index is -3.42. The first-order valence-electron chi connectivity index (χ1n) is 7.28. The molecule has 2 unspecified atom stereocenters. The van der Waals surface area contributed by atoms with E-state index in [1.54, 1.807) is 6.07 Å². The number of aliphatic hydroxyl groups is 1. The summed E-state index contributed by atoms with van der Waals surface area (Å²) in [6.07, 6.45) is 3.29. The molecular formula is C15H21NO3S. The standard InChI is InChI=1S/C15H21NO3S/c1-11-10-16(8-7-15(11)17)20(18,19)14-6-5-12-3-2-4-13(12)9-14/h5-6,9,11,15,17H,2-4,7-8,10H2,1H3. The highest BCUT2D eigenvalue weighted by Gasteiger charge is 2.33. The molecule has 4 nitrogen and oxygen atoms in total. The summed E-state index contributed by atoms with van der Waals surface area (Å²) >= 11 is 0. The van der Waals surface area contributed by atoms with Gasteiger partial charge in [-0.1, -0.05) is 13.0 Å². The monoisotopic (exact) mass is 295 g/mol. The summed E-state index contributed by atoms with van der Waals surface area (Å²) in [6, 6.07) is 5.53. The zero-order chi connectivity index (χ0) is 14.3. The van der Waals surface area contributed by atoms with Crippen molar-refractivity contribution in [3.8, 4) is 0 Å². The molecule has 0 saturated carbocycles. The van der Waals surface area contributed by atoms with E-state index in [4.69, 9.17) is 0 Å². The highest BCUT2D eigenvalue weighted by molar-refractivity contribution is 7.89. The fraction of sp³-hybridized carbons (Fsp3) is 0.600. The van der Waals surface area contributed by atoms with Crippen molar-refractivity contribution in [2.45, 2.75) is 43.6 Å². The second kappa shape index (κ2) is 5.13. The quantitative estimate of drug-likeness (QED) is 0.901. The number of sulfonamides is 1. The van der Waals surface area contributed by atoms with Crippen LogP contribution in [0.5, 0.6) is 0 Å². The van der Waals surface area contributed by atoms with E-state index in [0.717, 1.165) is 19.3 Å². The molecule has 0 aromatic heterocycles. The summed E-state index contributed by atoms with van der Waals surface area (Å²) in [7, 11) is -3.42. The van der Waals surface area contributed by atoms with E-state index in [1.165, 1.54) is 15.4 Å². The number of fused-ring (bicyclic) bond motifs is 1. The Morgan fingerprint density at radius 2 is 2.00 bits per heavy atom. The SMILES string of the molecule is CC1CN(S(=O)(=O)c2ccc3c(c2)CCC3)CCC1O. The molecule has 0 radical (unpaired) electrons. The number of nitrogens with zero attached hydrogens (tertiary/aromatic N) is 1. The molecule has 1 saturated heterocycles. The van der Waals surface area contributed by atoms with E-state index in [0.29, 0.717) is 24.4 Å². The number of rotatable bonds is 2. The zero-order valence-electron chi connectivity index (χ0n) is 11.7. The molecule has 1 aromatic rings. The van der Waals surface area contributed by atoms with E-state index in [-0.39, 0.29) is 12.0 Å². The van der Waals surface area contributed by atoms with Crippen molar-refractivity contribution in [3.63, 3.8) is 0 Å². The Balaban J connectivity index is 1.88. The number of aryl methyl sites for hydroxylation is 2. The number of hydrogen-bond acceptors (Lipinski definition) is 3. The molecule has 0 spiro atoms. The van der Waals surface area contributed by atoms with Crippen molar-refractivity contribution in [2.75, 3.05) is 13.1 Å². The summed E-state index contributed by atoms with van der Waals surface area (Å²) in [5, 5.41) is 9.74. The molecule has 1 N–H and O–H groups in total. The van der Waals surface area contributed by atoms with Gasteiger partial charge in [0.2, 0.25) is 10.0 Å². The average molecular weight is 295 g/mol. The minimum absolute atomic E-state index is 0.00653. The zero-order valence-corrected chi connectivity index (χ0v) is 12.6. The van der Waals surface area contributed by atoms with Crippen molar-refractivity contribution >= 4 is 10.0 Å². The van der Waals surface area contributed by atoms with E-state index < -0.39 is 10.0 Å². The van der Waals surface area contributed by atoms with Crippen LogP contribution >= 0.6 is 0 Å². The molecule has 20 heavy (non-hydrogen) atoms. The van der Waals surface area contributed by atoms with Gasteiger partial charge in [0, 0.05) is 13.1 Å². The van der Waals surface area contributed by atoms with Gasteiger partial charge in [-0.25, -0.2) is 8.42 Å². The minimum Gasteiger partial charge on any atom is -0.393 e. The van der Waals surface area contributed by atoms with Crippen molar-refractivity contribution < 1.29 is 13.5 Å². The molecule has 1 aliphatic carbocycles. The van der Waals surface area contributed by atoms with Gasteiger partial charge in [0.15, 0.2) is 0 Å². The summed E-state index contributed by atoms with van der Waals surface area (Å²) in [6.45, 7) is 2.71. The first kappa shape index (κ1) is 14.0. The maximum atomic E-state index is 12.7. The van der Waals surface area contributed by atoms with Crippen LogP contribution in [0.15, 0.2) is 23.1 Å². The molecule has 1 heterocycles. The lowest BCUT2D eigenvalue weighted by molar-refractivity contribution is 0.0628. The van der Waals surface area contributed by atoms with E-state index in [9.17, 15) is 13.5 Å². The Morgan fingerprint density at radius 1 is 1.25 bits per heavy atom. The topological polar surface area (TPSA) is 57.6 Å². The molecule has 0 amide bonds. The highest BCUT2D eigenvalue weighted by Crippen LogP contribution is 2.28. The van der Waals surface area contributed by atoms with Gasteiger partial charge in [-0.3, -0.25) is 0 Å². The Morgan fingerprint density at radius 3 is 2.75 bits per heavy atom. The van der Waals surface area contributed by atoms with Crippen LogP contribution in [-0.2, 0) is 22.9 Å². The van der Waals surface area contributed by atoms with Crippen molar-refractivity contribution in [1.82, 2.24) is 4.31 Å². The first-order valence-corrected chi connectivity index (χ1v) is 8.72. The van der Waals surface area contributed by atoms with E-state index >= 15 is 0 Å². The van der Waals surface area contributed by atoms with Crippen LogP contribution in [0.3, 0.4) is 0 Å². The van der Waals surface area contributed by atoms with Crippen LogP contribution in [0, 0.1) is 5.92 Å². The summed E-state index contributed by atoms with van der Waals surface area (Å²) in [5.41, 5.74) is 2.46. The molecule has 1 aliphatic heterocycles. The van der Waals surface area contributed by atoms with Gasteiger partial charge >= 0.3 is 0 Å². The van der Waals surface area contributed by atoms with Crippen molar-refractivity contribution in [1.29, 1.82) is 0 Å². The average Bonchev–Trinajstić information content (AvgIpc) is 2.89. The van der Waals surface area contributed by atoms with E-state index in [1.807, 2.05) is 19.1 Å². The molecule has 2 atom stereocenters. The van der Waals surface area contributed by atoms with Crippen LogP contribution in [0.2, 0.25) is 0 Å². The molecule has 2 aliphatic rings. The van der Waals surface area contributed by atoms with Crippen LogP contribution in [0.4, 0.5) is 0 Å². The lowest BCUT2D eigenvalue weighted by atomic mass is 9.99. The Hall–Kier alpha value is -0.910. The lowest BCUT2D eigenvalue weighted by Crippen LogP contribution is -2.44. The van der Waals surface area contributed by atoms with Gasteiger partial charge in [-0.05, 0) is 54.9 Å². The molecule has 5 heteroatoms. The Bertz CT molecular complexity index is 612. The maximum absolute atomic E-state index is 12.7. The molecule has 1 fully saturated rings. The van der Waals surface area contributed by atoms with Crippen LogP contribution in [-0.4, -0.2) is 37.0 Å². The van der Waals surface area contributed by atoms with Crippen LogP contribution in [0.25, 0.3) is 0 Å². The normalized spacial score (nSPS) is 27.5. The molecule has 0 bridgehead atoms. The molecule has 1 aromatic carbocycles. The third kappa shape index (κ3) is 2.38. The number of hydrogen-bond donors (Lipinski definition) is 1. The Labute approximate surface area is 120 Å². The van der Waals surface area contributed by atoms with Crippen LogP contribution in [0.1, 0.15) is 30.9 Å². The van der Waals surface area contributed by atoms with Gasteiger partial charge in [-0.15, -0.1) is 0 Å². The van der Waals surface area contributed by atoms with E-state index in [2.05, 4.69) is 0 Å². The number of benzene rings is 1. The largest absolute Gasteiger partial charge is 0.393 e.